The van der Waals surface area contributed by atoms with Crippen molar-refractivity contribution < 1.29 is 31.1 Å². The summed E-state index contributed by atoms with van der Waals surface area (Å²) >= 11 is 5.94. The standard InChI is InChI=1S/C25H33ClF6O/c1-2-16-5-10-19(11-6-16)20-12-7-17(8-13-20)3-4-18-9-14-22(21(26)15-18)33-25(31,32)23(27)24(28,29)30/h9,14-17,19-20,23H,2-8,10-13H2,1H3. The summed E-state index contributed by atoms with van der Waals surface area (Å²) < 4.78 is 80.9. The Labute approximate surface area is 197 Å². The molecule has 1 atom stereocenters. The molecule has 0 aliphatic heterocycles. The van der Waals surface area contributed by atoms with Gasteiger partial charge in [0.05, 0.1) is 5.02 Å². The molecule has 2 saturated carbocycles. The molecule has 0 aromatic heterocycles. The van der Waals surface area contributed by atoms with Crippen LogP contribution in [0.1, 0.15) is 76.7 Å². The molecule has 0 N–H and O–H groups in total. The summed E-state index contributed by atoms with van der Waals surface area (Å²) in [6.45, 7) is 2.28. The Balaban J connectivity index is 1.45. The summed E-state index contributed by atoms with van der Waals surface area (Å²) in [5, 5.41) is -0.257. The van der Waals surface area contributed by atoms with Crippen molar-refractivity contribution in [2.45, 2.75) is 96.0 Å². The summed E-state index contributed by atoms with van der Waals surface area (Å²) in [5.74, 6) is 2.56. The van der Waals surface area contributed by atoms with E-state index in [0.29, 0.717) is 12.3 Å². The van der Waals surface area contributed by atoms with Gasteiger partial charge in [0.15, 0.2) is 0 Å². The number of aryl methyl sites for hydroxylation is 1. The van der Waals surface area contributed by atoms with Gasteiger partial charge in [-0.2, -0.15) is 22.0 Å². The SMILES string of the molecule is CCC1CCC(C2CCC(CCc3ccc(OC(F)(F)C(F)C(F)(F)F)c(Cl)c3)CC2)CC1. The van der Waals surface area contributed by atoms with Crippen LogP contribution in [0.4, 0.5) is 26.3 Å². The Morgan fingerprint density at radius 1 is 0.909 bits per heavy atom. The third kappa shape index (κ3) is 7.19. The summed E-state index contributed by atoms with van der Waals surface area (Å²) in [5.41, 5.74) is 0.795. The highest BCUT2D eigenvalue weighted by molar-refractivity contribution is 6.32. The largest absolute Gasteiger partial charge is 0.439 e. The second-order valence-electron chi connectivity index (χ2n) is 9.84. The van der Waals surface area contributed by atoms with E-state index < -0.39 is 24.2 Å². The maximum Gasteiger partial charge on any atom is 0.439 e. The Morgan fingerprint density at radius 2 is 1.45 bits per heavy atom. The maximum atomic E-state index is 13.5. The summed E-state index contributed by atoms with van der Waals surface area (Å²) in [4.78, 5) is 0. The first-order valence-electron chi connectivity index (χ1n) is 12.1. The number of rotatable bonds is 8. The fourth-order valence-electron chi connectivity index (χ4n) is 5.56. The molecule has 1 aromatic carbocycles. The summed E-state index contributed by atoms with van der Waals surface area (Å²) in [6, 6.07) is 3.99. The molecule has 3 rings (SSSR count). The number of hydrogen-bond acceptors (Lipinski definition) is 1. The van der Waals surface area contributed by atoms with Gasteiger partial charge in [-0.1, -0.05) is 56.7 Å². The van der Waals surface area contributed by atoms with Crippen molar-refractivity contribution in [3.63, 3.8) is 0 Å². The van der Waals surface area contributed by atoms with Crippen molar-refractivity contribution in [2.75, 3.05) is 0 Å². The maximum absolute atomic E-state index is 13.5. The van der Waals surface area contributed by atoms with Gasteiger partial charge in [-0.05, 0) is 79.9 Å². The number of halogens is 7. The van der Waals surface area contributed by atoms with Gasteiger partial charge in [-0.3, -0.25) is 0 Å². The zero-order valence-electron chi connectivity index (χ0n) is 19.0. The molecule has 2 aliphatic rings. The molecule has 0 heterocycles. The first-order valence-corrected chi connectivity index (χ1v) is 12.4. The van der Waals surface area contributed by atoms with Crippen molar-refractivity contribution in [2.24, 2.45) is 23.7 Å². The zero-order chi connectivity index (χ0) is 24.2. The van der Waals surface area contributed by atoms with Crippen LogP contribution < -0.4 is 4.74 Å². The Bertz CT molecular complexity index is 752. The van der Waals surface area contributed by atoms with E-state index >= 15 is 0 Å². The molecule has 0 saturated heterocycles. The van der Waals surface area contributed by atoms with Crippen molar-refractivity contribution in [1.29, 1.82) is 0 Å². The van der Waals surface area contributed by atoms with Crippen LogP contribution in [0.25, 0.3) is 0 Å². The number of benzene rings is 1. The molecule has 1 aromatic rings. The van der Waals surface area contributed by atoms with E-state index in [4.69, 9.17) is 11.6 Å². The Hall–Kier alpha value is -1.11. The Morgan fingerprint density at radius 3 is 1.94 bits per heavy atom. The molecule has 1 unspecified atom stereocenters. The monoisotopic (exact) mass is 498 g/mol. The highest BCUT2D eigenvalue weighted by atomic mass is 35.5. The van der Waals surface area contributed by atoms with E-state index in [-0.39, 0.29) is 5.02 Å². The summed E-state index contributed by atoms with van der Waals surface area (Å²) in [7, 11) is 0. The molecule has 188 valence electrons. The van der Waals surface area contributed by atoms with E-state index in [1.165, 1.54) is 69.9 Å². The van der Waals surface area contributed by atoms with Crippen LogP contribution in [0.15, 0.2) is 18.2 Å². The van der Waals surface area contributed by atoms with Crippen LogP contribution >= 0.6 is 11.6 Å². The van der Waals surface area contributed by atoms with Crippen LogP contribution in [-0.4, -0.2) is 18.5 Å². The van der Waals surface area contributed by atoms with Gasteiger partial charge in [0, 0.05) is 0 Å². The van der Waals surface area contributed by atoms with E-state index in [1.54, 1.807) is 0 Å². The van der Waals surface area contributed by atoms with Gasteiger partial charge in [0.1, 0.15) is 5.75 Å². The van der Waals surface area contributed by atoms with E-state index in [0.717, 1.165) is 35.8 Å². The first kappa shape index (κ1) is 26.5. The zero-order valence-corrected chi connectivity index (χ0v) is 19.7. The average Bonchev–Trinajstić information content (AvgIpc) is 2.78. The third-order valence-electron chi connectivity index (χ3n) is 7.69. The molecule has 2 aliphatic carbocycles. The van der Waals surface area contributed by atoms with Gasteiger partial charge in [-0.25, -0.2) is 4.39 Å². The normalized spacial score (nSPS) is 27.9. The van der Waals surface area contributed by atoms with Crippen molar-refractivity contribution in [1.82, 2.24) is 0 Å². The van der Waals surface area contributed by atoms with E-state index in [2.05, 4.69) is 11.7 Å². The van der Waals surface area contributed by atoms with Crippen LogP contribution in [0.2, 0.25) is 5.02 Å². The van der Waals surface area contributed by atoms with E-state index in [1.807, 2.05) is 0 Å². The predicted molar refractivity (Wildman–Crippen MR) is 117 cm³/mol. The molecule has 2 fully saturated rings. The van der Waals surface area contributed by atoms with Crippen LogP contribution in [-0.2, 0) is 6.42 Å². The van der Waals surface area contributed by atoms with Gasteiger partial charge in [0.2, 0.25) is 0 Å². The second-order valence-corrected chi connectivity index (χ2v) is 10.2. The average molecular weight is 499 g/mol. The third-order valence-corrected chi connectivity index (χ3v) is 7.99. The minimum atomic E-state index is -5.73. The molecule has 8 heteroatoms. The highest BCUT2D eigenvalue weighted by Gasteiger charge is 2.59. The van der Waals surface area contributed by atoms with Crippen molar-refractivity contribution in [3.8, 4) is 5.75 Å². The lowest BCUT2D eigenvalue weighted by atomic mass is 9.68. The molecular weight excluding hydrogens is 466 g/mol. The molecular formula is C25H33ClF6O. The molecule has 1 nitrogen and oxygen atoms in total. The van der Waals surface area contributed by atoms with Crippen LogP contribution in [0.3, 0.4) is 0 Å². The van der Waals surface area contributed by atoms with Gasteiger partial charge in [-0.15, -0.1) is 0 Å². The lowest BCUT2D eigenvalue weighted by Gasteiger charge is -2.37. The van der Waals surface area contributed by atoms with E-state index in [9.17, 15) is 26.3 Å². The number of alkyl halides is 6. The van der Waals surface area contributed by atoms with Gasteiger partial charge in [0.25, 0.3) is 6.17 Å². The van der Waals surface area contributed by atoms with Gasteiger partial charge < -0.3 is 4.74 Å². The molecule has 0 bridgehead atoms. The fourth-order valence-corrected chi connectivity index (χ4v) is 5.80. The van der Waals surface area contributed by atoms with Crippen molar-refractivity contribution in [3.05, 3.63) is 28.8 Å². The minimum absolute atomic E-state index is 0.257. The lowest BCUT2D eigenvalue weighted by molar-refractivity contribution is -0.304. The van der Waals surface area contributed by atoms with Crippen molar-refractivity contribution >= 4 is 11.6 Å². The quantitative estimate of drug-likeness (QED) is 0.324. The second kappa shape index (κ2) is 11.1. The topological polar surface area (TPSA) is 9.23 Å². The Kier molecular flexibility index (Phi) is 8.90. The lowest BCUT2D eigenvalue weighted by Crippen LogP contribution is -2.45. The molecule has 0 amide bonds. The van der Waals surface area contributed by atoms with Crippen LogP contribution in [0, 0.1) is 23.7 Å². The molecule has 33 heavy (non-hydrogen) atoms. The predicted octanol–water partition coefficient (Wildman–Crippen LogP) is 9.17. The van der Waals surface area contributed by atoms with Gasteiger partial charge >= 0.3 is 12.3 Å². The summed E-state index contributed by atoms with van der Waals surface area (Å²) in [6.07, 6.45) is -1.91. The molecule has 0 radical (unpaired) electrons. The number of hydrogen-bond donors (Lipinski definition) is 0. The molecule has 0 spiro atoms. The first-order chi connectivity index (χ1) is 15.5. The minimum Gasteiger partial charge on any atom is -0.429 e. The fraction of sp³-hybridized carbons (Fsp3) is 0.760. The smallest absolute Gasteiger partial charge is 0.429 e. The number of ether oxygens (including phenoxy) is 1. The van der Waals surface area contributed by atoms with Crippen LogP contribution in [0.5, 0.6) is 5.75 Å². The highest BCUT2D eigenvalue weighted by Crippen LogP contribution is 2.43.